The van der Waals surface area contributed by atoms with Crippen LogP contribution in [0.1, 0.15) is 6.92 Å². The van der Waals surface area contributed by atoms with Gasteiger partial charge in [0.15, 0.2) is 0 Å². The Morgan fingerprint density at radius 3 is 2.14 bits per heavy atom. The fourth-order valence-electron chi connectivity index (χ4n) is 0.249. The number of hydrazine groups is 1. The monoisotopic (exact) mass is 102 g/mol. The number of nitrogens with two attached hydrogens (primary N) is 2. The zero-order valence-corrected chi connectivity index (χ0v) is 4.55. The molecule has 0 saturated carbocycles. The van der Waals surface area contributed by atoms with Crippen molar-refractivity contribution in [2.45, 2.75) is 6.92 Å². The Kier molecular flexibility index (Phi) is 2.15. The number of nitrogens with zero attached hydrogens (tertiary/aromatic N) is 2. The Balaban J connectivity index is 3.45. The molecule has 0 aromatic carbocycles. The van der Waals surface area contributed by atoms with E-state index < -0.39 is 0 Å². The van der Waals surface area contributed by atoms with Crippen molar-refractivity contribution in [3.63, 3.8) is 0 Å². The third-order valence-corrected chi connectivity index (χ3v) is 0.315. The Labute approximate surface area is 42.7 Å². The summed E-state index contributed by atoms with van der Waals surface area (Å²) in [6, 6.07) is 0. The smallest absolute Gasteiger partial charge is 0.118 e. The summed E-state index contributed by atoms with van der Waals surface area (Å²) >= 11 is 0. The molecule has 0 aromatic rings. The number of rotatable bonds is 1. The van der Waals surface area contributed by atoms with Crippen LogP contribution in [-0.4, -0.2) is 18.0 Å². The van der Waals surface area contributed by atoms with Crippen molar-refractivity contribution in [1.29, 1.82) is 0 Å². The van der Waals surface area contributed by atoms with Gasteiger partial charge in [-0.3, -0.25) is 0 Å². The van der Waals surface area contributed by atoms with Crippen LogP contribution in [0, 0.1) is 0 Å². The largest absolute Gasteiger partial charge is 0.386 e. The third-order valence-electron chi connectivity index (χ3n) is 0.315. The lowest BCUT2D eigenvalue weighted by Gasteiger charge is -2.01. The summed E-state index contributed by atoms with van der Waals surface area (Å²) in [6.45, 7) is 1.67. The van der Waals surface area contributed by atoms with Gasteiger partial charge in [-0.15, -0.1) is 5.10 Å². The lowest BCUT2D eigenvalue weighted by Crippen LogP contribution is -2.23. The van der Waals surface area contributed by atoms with Crippen LogP contribution >= 0.6 is 0 Å². The van der Waals surface area contributed by atoms with Gasteiger partial charge in [0.05, 0.1) is 0 Å². The van der Waals surface area contributed by atoms with Crippen molar-refractivity contribution in [2.24, 2.45) is 16.7 Å². The molecule has 0 atom stereocenters. The first-order valence-corrected chi connectivity index (χ1v) is 1.92. The molecule has 0 rings (SSSR count). The summed E-state index contributed by atoms with van der Waals surface area (Å²) in [6.07, 6.45) is 0. The molecule has 0 aliphatic heterocycles. The van der Waals surface area contributed by atoms with Crippen molar-refractivity contribution >= 4 is 5.84 Å². The first-order chi connectivity index (χ1) is 3.13. The van der Waals surface area contributed by atoms with E-state index in [0.29, 0.717) is 5.84 Å². The molecule has 0 aliphatic carbocycles. The van der Waals surface area contributed by atoms with E-state index in [2.05, 4.69) is 5.10 Å². The second-order valence-electron chi connectivity index (χ2n) is 1.32. The van der Waals surface area contributed by atoms with Gasteiger partial charge >= 0.3 is 0 Å². The highest BCUT2D eigenvalue weighted by atomic mass is 15.6. The highest BCUT2D eigenvalue weighted by Crippen LogP contribution is 1.67. The predicted octanol–water partition coefficient (Wildman–Crippen LogP) is -0.916. The number of hydrogen-bond donors (Lipinski definition) is 2. The van der Waals surface area contributed by atoms with E-state index in [1.54, 1.807) is 14.0 Å². The molecule has 0 radical (unpaired) electrons. The van der Waals surface area contributed by atoms with Gasteiger partial charge in [0, 0.05) is 7.05 Å². The van der Waals surface area contributed by atoms with Gasteiger partial charge in [-0.1, -0.05) is 0 Å². The highest BCUT2D eigenvalue weighted by Gasteiger charge is 1.77. The predicted molar refractivity (Wildman–Crippen MR) is 29.2 cm³/mol. The molecule has 0 heterocycles. The van der Waals surface area contributed by atoms with E-state index in [1.165, 1.54) is 0 Å². The maximum absolute atomic E-state index is 5.12. The Morgan fingerprint density at radius 2 is 2.14 bits per heavy atom. The van der Waals surface area contributed by atoms with Gasteiger partial charge in [-0.2, -0.15) is 0 Å². The van der Waals surface area contributed by atoms with Crippen LogP contribution in [0.25, 0.3) is 0 Å². The molecule has 0 saturated heterocycles. The topological polar surface area (TPSA) is 67.6 Å². The van der Waals surface area contributed by atoms with E-state index >= 15 is 0 Å². The molecule has 0 aliphatic rings. The SMILES string of the molecule is CC(N)=NN(C)N. The number of hydrogen-bond acceptors (Lipinski definition) is 3. The van der Waals surface area contributed by atoms with Crippen LogP contribution in [0.4, 0.5) is 0 Å². The number of amidine groups is 1. The summed E-state index contributed by atoms with van der Waals surface area (Å²) < 4.78 is 0. The highest BCUT2D eigenvalue weighted by molar-refractivity contribution is 5.76. The van der Waals surface area contributed by atoms with Crippen molar-refractivity contribution in [1.82, 2.24) is 5.12 Å². The number of hydrazone groups is 1. The Morgan fingerprint density at radius 1 is 1.71 bits per heavy atom. The maximum Gasteiger partial charge on any atom is 0.118 e. The summed E-state index contributed by atoms with van der Waals surface area (Å²) in [4.78, 5) is 0. The fraction of sp³-hybridized carbons (Fsp3) is 0.667. The van der Waals surface area contributed by atoms with Crippen LogP contribution < -0.4 is 11.6 Å². The van der Waals surface area contributed by atoms with Crippen LogP contribution in [0.2, 0.25) is 0 Å². The lowest BCUT2D eigenvalue weighted by atomic mass is 10.7. The average molecular weight is 102 g/mol. The summed E-state index contributed by atoms with van der Waals surface area (Å²) in [5.74, 6) is 5.52. The molecule has 0 amide bonds. The average Bonchev–Trinajstić information content (AvgIpc) is 1.27. The summed E-state index contributed by atoms with van der Waals surface area (Å²) in [7, 11) is 1.61. The van der Waals surface area contributed by atoms with Crippen LogP contribution in [0.3, 0.4) is 0 Å². The molecule has 7 heavy (non-hydrogen) atoms. The van der Waals surface area contributed by atoms with Gasteiger partial charge in [-0.25, -0.2) is 11.0 Å². The van der Waals surface area contributed by atoms with Crippen LogP contribution in [-0.2, 0) is 0 Å². The quantitative estimate of drug-likeness (QED) is 0.195. The molecular weight excluding hydrogens is 92.1 g/mol. The van der Waals surface area contributed by atoms with Gasteiger partial charge in [0.2, 0.25) is 0 Å². The molecule has 0 aromatic heterocycles. The standard InChI is InChI=1S/C3H10N4/c1-3(4)6-7(2)5/h5H2,1-2H3,(H2,4,6). The molecular formula is C3H10N4. The van der Waals surface area contributed by atoms with Crippen LogP contribution in [0.5, 0.6) is 0 Å². The minimum atomic E-state index is 0.463. The zero-order valence-electron chi connectivity index (χ0n) is 4.55. The van der Waals surface area contributed by atoms with Gasteiger partial charge in [0.1, 0.15) is 5.84 Å². The van der Waals surface area contributed by atoms with Gasteiger partial charge < -0.3 is 5.73 Å². The minimum Gasteiger partial charge on any atom is -0.386 e. The third kappa shape index (κ3) is 5.23. The molecule has 0 spiro atoms. The lowest BCUT2D eigenvalue weighted by molar-refractivity contribution is 0.371. The fourth-order valence-corrected chi connectivity index (χ4v) is 0.249. The van der Waals surface area contributed by atoms with Gasteiger partial charge in [0.25, 0.3) is 0 Å². The zero-order chi connectivity index (χ0) is 5.86. The first-order valence-electron chi connectivity index (χ1n) is 1.92. The van der Waals surface area contributed by atoms with E-state index in [1.807, 2.05) is 0 Å². The van der Waals surface area contributed by atoms with Crippen molar-refractivity contribution < 1.29 is 0 Å². The molecule has 4 nitrogen and oxygen atoms in total. The molecule has 0 fully saturated rings. The van der Waals surface area contributed by atoms with E-state index in [9.17, 15) is 0 Å². The minimum absolute atomic E-state index is 0.463. The van der Waals surface area contributed by atoms with Crippen molar-refractivity contribution in [3.8, 4) is 0 Å². The Hall–Kier alpha value is -0.770. The second-order valence-corrected chi connectivity index (χ2v) is 1.32. The van der Waals surface area contributed by atoms with E-state index in [0.717, 1.165) is 5.12 Å². The van der Waals surface area contributed by atoms with Gasteiger partial charge in [-0.05, 0) is 6.92 Å². The van der Waals surface area contributed by atoms with E-state index in [4.69, 9.17) is 11.6 Å². The molecule has 4 N–H and O–H groups in total. The van der Waals surface area contributed by atoms with Crippen LogP contribution in [0.15, 0.2) is 5.10 Å². The normalized spacial score (nSPS) is 11.6. The first kappa shape index (κ1) is 6.23. The summed E-state index contributed by atoms with van der Waals surface area (Å²) in [5, 5.41) is 4.75. The van der Waals surface area contributed by atoms with Crippen molar-refractivity contribution in [3.05, 3.63) is 0 Å². The summed E-state index contributed by atoms with van der Waals surface area (Å²) in [5.41, 5.74) is 5.12. The molecule has 42 valence electrons. The maximum atomic E-state index is 5.12. The van der Waals surface area contributed by atoms with Crippen molar-refractivity contribution in [2.75, 3.05) is 7.05 Å². The molecule has 4 heteroatoms. The van der Waals surface area contributed by atoms with E-state index in [-0.39, 0.29) is 0 Å². The molecule has 0 bridgehead atoms. The second kappa shape index (κ2) is 2.41. The molecule has 0 unspecified atom stereocenters. The Bertz CT molecular complexity index is 71.0.